The highest BCUT2D eigenvalue weighted by molar-refractivity contribution is 6.17. The Morgan fingerprint density at radius 1 is 1.67 bits per heavy atom. The Labute approximate surface area is 59.9 Å². The molecule has 0 aromatic carbocycles. The fourth-order valence-corrected chi connectivity index (χ4v) is 0.626. The molecule has 0 radical (unpaired) electrons. The van der Waals surface area contributed by atoms with Crippen LogP contribution < -0.4 is 0 Å². The van der Waals surface area contributed by atoms with Crippen molar-refractivity contribution in [3.05, 3.63) is 4.91 Å². The van der Waals surface area contributed by atoms with Crippen LogP contribution in [0.1, 0.15) is 19.8 Å². The maximum Gasteiger partial charge on any atom is 0.113 e. The Morgan fingerprint density at radius 3 is 2.67 bits per heavy atom. The highest BCUT2D eigenvalue weighted by Gasteiger charge is 1.96. The minimum Gasteiger partial charge on any atom is -0.246 e. The predicted molar refractivity (Wildman–Crippen MR) is 38.1 cm³/mol. The predicted octanol–water partition coefficient (Wildman–Crippen LogP) is 1.97. The molecule has 0 amide bonds. The van der Waals surface area contributed by atoms with Gasteiger partial charge in [-0.05, 0) is 6.42 Å². The number of halogens is 1. The normalized spacial score (nSPS) is 9.11. The van der Waals surface area contributed by atoms with Crippen molar-refractivity contribution in [2.75, 3.05) is 12.5 Å². The maximum atomic E-state index is 9.83. The van der Waals surface area contributed by atoms with E-state index in [1.807, 2.05) is 0 Å². The summed E-state index contributed by atoms with van der Waals surface area (Å²) in [5.41, 5.74) is 0. The molecule has 0 atom stereocenters. The quantitative estimate of drug-likeness (QED) is 0.260. The average molecular weight is 151 g/mol. The summed E-state index contributed by atoms with van der Waals surface area (Å²) in [5, 5.41) is 3.99. The van der Waals surface area contributed by atoms with Gasteiger partial charge in [0, 0.05) is 6.54 Å². The summed E-state index contributed by atoms with van der Waals surface area (Å²) in [4.78, 5) is 9.83. The summed E-state index contributed by atoms with van der Waals surface area (Å²) >= 11 is 5.34. The van der Waals surface area contributed by atoms with E-state index >= 15 is 0 Å². The van der Waals surface area contributed by atoms with Gasteiger partial charge in [0.1, 0.15) is 6.00 Å². The molecular weight excluding hydrogens is 140 g/mol. The number of rotatable bonds is 5. The first-order valence-electron chi connectivity index (χ1n) is 2.99. The second-order valence-electron chi connectivity index (χ2n) is 1.78. The molecule has 0 aromatic heterocycles. The van der Waals surface area contributed by atoms with Crippen LogP contribution >= 0.6 is 11.6 Å². The van der Waals surface area contributed by atoms with E-state index in [-0.39, 0.29) is 6.00 Å². The van der Waals surface area contributed by atoms with Crippen molar-refractivity contribution < 1.29 is 0 Å². The minimum absolute atomic E-state index is 0.198. The molecule has 0 fully saturated rings. The van der Waals surface area contributed by atoms with Crippen LogP contribution in [-0.4, -0.2) is 17.6 Å². The molecule has 0 aromatic rings. The molecule has 54 valence electrons. The number of unbranched alkanes of at least 4 members (excludes halogenated alkanes) is 1. The van der Waals surface area contributed by atoms with Crippen molar-refractivity contribution in [1.82, 2.24) is 5.01 Å². The van der Waals surface area contributed by atoms with Gasteiger partial charge in [-0.1, -0.05) is 13.3 Å². The van der Waals surface area contributed by atoms with Gasteiger partial charge in [-0.15, -0.1) is 16.5 Å². The van der Waals surface area contributed by atoms with E-state index < -0.39 is 0 Å². The third-order valence-electron chi connectivity index (χ3n) is 1.02. The molecule has 0 unspecified atom stereocenters. The summed E-state index contributed by atoms with van der Waals surface area (Å²) < 4.78 is 0. The fraction of sp³-hybridized carbons (Fsp3) is 1.00. The van der Waals surface area contributed by atoms with Crippen molar-refractivity contribution in [2.24, 2.45) is 5.29 Å². The minimum atomic E-state index is 0.198. The number of hydrogen-bond acceptors (Lipinski definition) is 2. The Hall–Kier alpha value is -0.310. The molecule has 0 aliphatic carbocycles. The van der Waals surface area contributed by atoms with E-state index in [0.717, 1.165) is 12.8 Å². The van der Waals surface area contributed by atoms with E-state index in [1.54, 1.807) is 0 Å². The molecule has 0 aliphatic heterocycles. The van der Waals surface area contributed by atoms with E-state index in [9.17, 15) is 4.91 Å². The highest BCUT2D eigenvalue weighted by atomic mass is 35.5. The molecule has 0 N–H and O–H groups in total. The Bertz CT molecular complexity index is 79.4. The summed E-state index contributed by atoms with van der Waals surface area (Å²) in [6.45, 7) is 2.72. The van der Waals surface area contributed by atoms with Gasteiger partial charge in [0.25, 0.3) is 0 Å². The van der Waals surface area contributed by atoms with Crippen LogP contribution in [0.15, 0.2) is 5.29 Å². The van der Waals surface area contributed by atoms with Gasteiger partial charge in [0.05, 0.1) is 5.29 Å². The molecule has 0 spiro atoms. The van der Waals surface area contributed by atoms with Gasteiger partial charge in [-0.3, -0.25) is 0 Å². The van der Waals surface area contributed by atoms with E-state index in [0.29, 0.717) is 6.54 Å². The molecule has 0 bridgehead atoms. The van der Waals surface area contributed by atoms with Crippen molar-refractivity contribution in [2.45, 2.75) is 19.8 Å². The van der Waals surface area contributed by atoms with Crippen LogP contribution in [0.2, 0.25) is 0 Å². The van der Waals surface area contributed by atoms with Crippen LogP contribution in [0.3, 0.4) is 0 Å². The summed E-state index contributed by atoms with van der Waals surface area (Å²) in [6.07, 6.45) is 2.03. The van der Waals surface area contributed by atoms with Crippen molar-refractivity contribution in [3.8, 4) is 0 Å². The molecule has 0 saturated carbocycles. The average Bonchev–Trinajstić information content (AvgIpc) is 1.91. The van der Waals surface area contributed by atoms with Crippen LogP contribution in [-0.2, 0) is 0 Å². The SMILES string of the molecule is CCCCN(CCl)N=O. The van der Waals surface area contributed by atoms with Crippen LogP contribution in [0, 0.1) is 4.91 Å². The lowest BCUT2D eigenvalue weighted by Gasteiger charge is -2.08. The smallest absolute Gasteiger partial charge is 0.113 e. The van der Waals surface area contributed by atoms with Crippen LogP contribution in [0.5, 0.6) is 0 Å². The van der Waals surface area contributed by atoms with Gasteiger partial charge in [-0.2, -0.15) is 0 Å². The zero-order valence-electron chi connectivity index (χ0n) is 5.51. The number of alkyl halides is 1. The summed E-state index contributed by atoms with van der Waals surface area (Å²) in [7, 11) is 0. The van der Waals surface area contributed by atoms with Gasteiger partial charge >= 0.3 is 0 Å². The first-order chi connectivity index (χ1) is 4.35. The number of hydrogen-bond donors (Lipinski definition) is 0. The van der Waals surface area contributed by atoms with Crippen LogP contribution in [0.25, 0.3) is 0 Å². The first-order valence-corrected chi connectivity index (χ1v) is 3.52. The Kier molecular flexibility index (Phi) is 5.62. The molecule has 0 aliphatic rings. The molecule has 0 heterocycles. The lowest BCUT2D eigenvalue weighted by atomic mass is 10.3. The summed E-state index contributed by atoms with van der Waals surface area (Å²) in [6, 6.07) is 0.198. The van der Waals surface area contributed by atoms with Crippen molar-refractivity contribution in [1.29, 1.82) is 0 Å². The summed E-state index contributed by atoms with van der Waals surface area (Å²) in [5.74, 6) is 0. The lowest BCUT2D eigenvalue weighted by Crippen LogP contribution is -2.15. The second kappa shape index (κ2) is 5.82. The monoisotopic (exact) mass is 150 g/mol. The van der Waals surface area contributed by atoms with Gasteiger partial charge < -0.3 is 0 Å². The third-order valence-corrected chi connectivity index (χ3v) is 1.30. The van der Waals surface area contributed by atoms with Gasteiger partial charge in [0.15, 0.2) is 0 Å². The Morgan fingerprint density at radius 2 is 2.33 bits per heavy atom. The molecular formula is C5H11ClN2O. The van der Waals surface area contributed by atoms with Gasteiger partial charge in [-0.25, -0.2) is 5.01 Å². The van der Waals surface area contributed by atoms with E-state index in [1.165, 1.54) is 5.01 Å². The zero-order valence-corrected chi connectivity index (χ0v) is 6.26. The molecule has 0 rings (SSSR count). The van der Waals surface area contributed by atoms with Gasteiger partial charge in [0.2, 0.25) is 0 Å². The van der Waals surface area contributed by atoms with Crippen molar-refractivity contribution >= 4 is 11.6 Å². The molecule has 0 saturated heterocycles. The van der Waals surface area contributed by atoms with E-state index in [2.05, 4.69) is 12.2 Å². The topological polar surface area (TPSA) is 32.7 Å². The number of nitrogens with zero attached hydrogens (tertiary/aromatic N) is 2. The zero-order chi connectivity index (χ0) is 7.11. The van der Waals surface area contributed by atoms with Crippen molar-refractivity contribution in [3.63, 3.8) is 0 Å². The third kappa shape index (κ3) is 4.21. The highest BCUT2D eigenvalue weighted by Crippen LogP contribution is 1.95. The standard InChI is InChI=1S/C5H11ClN2O/c1-2-3-4-8(5-6)7-9/h2-5H2,1H3. The first kappa shape index (κ1) is 8.69. The van der Waals surface area contributed by atoms with E-state index in [4.69, 9.17) is 11.6 Å². The molecule has 9 heavy (non-hydrogen) atoms. The Balaban J connectivity index is 3.20. The molecule has 4 heteroatoms. The fourth-order valence-electron chi connectivity index (χ4n) is 0.463. The van der Waals surface area contributed by atoms with Crippen LogP contribution in [0.4, 0.5) is 0 Å². The maximum absolute atomic E-state index is 9.83. The lowest BCUT2D eigenvalue weighted by molar-refractivity contribution is 0.325. The second-order valence-corrected chi connectivity index (χ2v) is 2.02. The largest absolute Gasteiger partial charge is 0.246 e. The number of nitroso groups, excluding NO2 is 1. The molecule has 3 nitrogen and oxygen atoms in total.